The highest BCUT2D eigenvalue weighted by Gasteiger charge is 2.14. The number of halogens is 1. The molecule has 2 atom stereocenters. The van der Waals surface area contributed by atoms with E-state index in [1.807, 2.05) is 18.3 Å². The molecule has 0 aliphatic carbocycles. The first-order chi connectivity index (χ1) is 9.11. The van der Waals surface area contributed by atoms with Gasteiger partial charge in [-0.1, -0.05) is 11.6 Å². The van der Waals surface area contributed by atoms with Gasteiger partial charge in [0.1, 0.15) is 0 Å². The average molecular weight is 300 g/mol. The molecule has 2 aromatic rings. The molecule has 104 valence electrons. The van der Waals surface area contributed by atoms with Gasteiger partial charge in [0.15, 0.2) is 0 Å². The van der Waals surface area contributed by atoms with Crippen molar-refractivity contribution >= 4 is 28.9 Å². The zero-order valence-corrected chi connectivity index (χ0v) is 12.8. The molecule has 0 amide bonds. The molecule has 6 heteroatoms. The maximum Gasteiger partial charge on any atom is 0.203 e. The Labute approximate surface area is 122 Å². The van der Waals surface area contributed by atoms with E-state index in [0.29, 0.717) is 6.61 Å². The largest absolute Gasteiger partial charge is 0.383 e. The zero-order valence-electron chi connectivity index (χ0n) is 11.3. The van der Waals surface area contributed by atoms with Crippen LogP contribution in [0.25, 0.3) is 0 Å². The normalized spacial score (nSPS) is 14.3. The summed E-state index contributed by atoms with van der Waals surface area (Å²) in [7, 11) is 1.71. The third-order valence-electron chi connectivity index (χ3n) is 2.92. The van der Waals surface area contributed by atoms with E-state index in [9.17, 15) is 0 Å². The fourth-order valence-corrected chi connectivity index (χ4v) is 2.99. The van der Waals surface area contributed by atoms with Gasteiger partial charge in [0.05, 0.1) is 23.0 Å². The Balaban J connectivity index is 2.09. The predicted octanol–water partition coefficient (Wildman–Crippen LogP) is 3.98. The fourth-order valence-electron chi connectivity index (χ4n) is 1.93. The lowest BCUT2D eigenvalue weighted by Crippen LogP contribution is -2.16. The van der Waals surface area contributed by atoms with Crippen molar-refractivity contribution in [1.82, 2.24) is 9.55 Å². The number of anilines is 1. The molecule has 1 N–H and O–H groups in total. The van der Waals surface area contributed by atoms with Gasteiger partial charge in [0.25, 0.3) is 0 Å². The molecular weight excluding hydrogens is 282 g/mol. The van der Waals surface area contributed by atoms with Gasteiger partial charge in [0.2, 0.25) is 5.95 Å². The predicted molar refractivity (Wildman–Crippen MR) is 80.2 cm³/mol. The van der Waals surface area contributed by atoms with Crippen LogP contribution in [0.3, 0.4) is 0 Å². The number of imidazole rings is 1. The van der Waals surface area contributed by atoms with Crippen LogP contribution in [-0.4, -0.2) is 23.3 Å². The van der Waals surface area contributed by atoms with Crippen molar-refractivity contribution < 1.29 is 4.74 Å². The van der Waals surface area contributed by atoms with Crippen molar-refractivity contribution in [1.29, 1.82) is 0 Å². The lowest BCUT2D eigenvalue weighted by Gasteiger charge is -2.18. The number of thiophene rings is 1. The molecule has 0 radical (unpaired) electrons. The van der Waals surface area contributed by atoms with E-state index in [1.54, 1.807) is 24.6 Å². The summed E-state index contributed by atoms with van der Waals surface area (Å²) >= 11 is 7.55. The van der Waals surface area contributed by atoms with Crippen molar-refractivity contribution in [3.05, 3.63) is 33.7 Å². The summed E-state index contributed by atoms with van der Waals surface area (Å²) in [6.07, 6.45) is 3.75. The smallest absolute Gasteiger partial charge is 0.203 e. The van der Waals surface area contributed by atoms with Crippen LogP contribution in [0.4, 0.5) is 5.95 Å². The monoisotopic (exact) mass is 299 g/mol. The van der Waals surface area contributed by atoms with Crippen molar-refractivity contribution in [2.75, 3.05) is 19.0 Å². The Morgan fingerprint density at radius 3 is 2.89 bits per heavy atom. The molecule has 2 heterocycles. The van der Waals surface area contributed by atoms with Gasteiger partial charge in [-0.2, -0.15) is 0 Å². The minimum absolute atomic E-state index is 0.174. The van der Waals surface area contributed by atoms with Gasteiger partial charge in [0, 0.05) is 24.4 Å². The van der Waals surface area contributed by atoms with E-state index in [4.69, 9.17) is 16.3 Å². The van der Waals surface area contributed by atoms with E-state index in [0.717, 1.165) is 10.3 Å². The minimum Gasteiger partial charge on any atom is -0.383 e. The first kappa shape index (κ1) is 14.4. The second-order valence-corrected chi connectivity index (χ2v) is 6.22. The Morgan fingerprint density at radius 2 is 2.26 bits per heavy atom. The molecule has 0 spiro atoms. The summed E-state index contributed by atoms with van der Waals surface area (Å²) in [6, 6.07) is 4.37. The Bertz CT molecular complexity index is 525. The molecule has 0 bridgehead atoms. The lowest BCUT2D eigenvalue weighted by atomic mass is 10.3. The summed E-state index contributed by atoms with van der Waals surface area (Å²) in [5, 5.41) is 3.41. The van der Waals surface area contributed by atoms with Gasteiger partial charge in [-0.15, -0.1) is 11.3 Å². The highest BCUT2D eigenvalue weighted by Crippen LogP contribution is 2.29. The zero-order chi connectivity index (χ0) is 13.8. The first-order valence-corrected chi connectivity index (χ1v) is 7.34. The first-order valence-electron chi connectivity index (χ1n) is 6.15. The number of methoxy groups -OCH3 is 1. The molecule has 4 nitrogen and oxygen atoms in total. The van der Waals surface area contributed by atoms with Crippen LogP contribution < -0.4 is 5.32 Å². The van der Waals surface area contributed by atoms with Crippen LogP contribution in [0.1, 0.15) is 30.8 Å². The van der Waals surface area contributed by atoms with Crippen LogP contribution in [-0.2, 0) is 4.74 Å². The van der Waals surface area contributed by atoms with Gasteiger partial charge in [-0.05, 0) is 26.0 Å². The van der Waals surface area contributed by atoms with Crippen molar-refractivity contribution in [3.63, 3.8) is 0 Å². The second-order valence-electron chi connectivity index (χ2n) is 4.47. The van der Waals surface area contributed by atoms with Crippen LogP contribution in [0, 0.1) is 0 Å². The number of rotatable bonds is 6. The molecular formula is C13H18ClN3OS. The van der Waals surface area contributed by atoms with E-state index < -0.39 is 0 Å². The molecule has 19 heavy (non-hydrogen) atoms. The Kier molecular flexibility index (Phi) is 4.85. The lowest BCUT2D eigenvalue weighted by molar-refractivity contribution is 0.163. The van der Waals surface area contributed by atoms with Crippen LogP contribution in [0.5, 0.6) is 0 Å². The number of aromatic nitrogens is 2. The van der Waals surface area contributed by atoms with Crippen LogP contribution >= 0.6 is 22.9 Å². The standard InChI is InChI=1S/C13H18ClN3OS/c1-9(8-18-3)17-7-6-15-13(17)16-10(2)11-4-5-12(14)19-11/h4-7,9-10H,8H2,1-3H3,(H,15,16). The topological polar surface area (TPSA) is 39.1 Å². The number of hydrogen-bond donors (Lipinski definition) is 1. The molecule has 2 unspecified atom stereocenters. The maximum absolute atomic E-state index is 5.96. The van der Waals surface area contributed by atoms with E-state index in [1.165, 1.54) is 4.88 Å². The number of ether oxygens (including phenoxy) is 1. The van der Waals surface area contributed by atoms with E-state index in [-0.39, 0.29) is 12.1 Å². The molecule has 2 aromatic heterocycles. The van der Waals surface area contributed by atoms with Crippen molar-refractivity contribution in [3.8, 4) is 0 Å². The van der Waals surface area contributed by atoms with Gasteiger partial charge in [-0.25, -0.2) is 4.98 Å². The van der Waals surface area contributed by atoms with Crippen LogP contribution in [0.15, 0.2) is 24.5 Å². The minimum atomic E-state index is 0.174. The summed E-state index contributed by atoms with van der Waals surface area (Å²) < 4.78 is 8.07. The number of nitrogens with zero attached hydrogens (tertiary/aromatic N) is 2. The van der Waals surface area contributed by atoms with Gasteiger partial charge >= 0.3 is 0 Å². The molecule has 0 saturated carbocycles. The summed E-state index contributed by atoms with van der Waals surface area (Å²) in [5.74, 6) is 0.849. The summed E-state index contributed by atoms with van der Waals surface area (Å²) in [6.45, 7) is 4.86. The Hall–Kier alpha value is -1.04. The quantitative estimate of drug-likeness (QED) is 0.877. The molecule has 2 rings (SSSR count). The highest BCUT2D eigenvalue weighted by atomic mass is 35.5. The molecule has 0 aliphatic rings. The van der Waals surface area contributed by atoms with Crippen molar-refractivity contribution in [2.45, 2.75) is 25.9 Å². The highest BCUT2D eigenvalue weighted by molar-refractivity contribution is 7.16. The molecule has 0 saturated heterocycles. The molecule has 0 fully saturated rings. The third kappa shape index (κ3) is 3.49. The molecule has 0 aromatic carbocycles. The summed E-state index contributed by atoms with van der Waals surface area (Å²) in [4.78, 5) is 5.55. The Morgan fingerprint density at radius 1 is 1.47 bits per heavy atom. The number of hydrogen-bond acceptors (Lipinski definition) is 4. The molecule has 0 aliphatic heterocycles. The van der Waals surface area contributed by atoms with E-state index >= 15 is 0 Å². The fraction of sp³-hybridized carbons (Fsp3) is 0.462. The van der Waals surface area contributed by atoms with Crippen LogP contribution in [0.2, 0.25) is 4.34 Å². The van der Waals surface area contributed by atoms with E-state index in [2.05, 4.69) is 28.7 Å². The average Bonchev–Trinajstić information content (AvgIpc) is 2.98. The van der Waals surface area contributed by atoms with Gasteiger partial charge < -0.3 is 14.6 Å². The maximum atomic E-state index is 5.96. The second kappa shape index (κ2) is 6.41. The van der Waals surface area contributed by atoms with Crippen molar-refractivity contribution in [2.24, 2.45) is 0 Å². The summed E-state index contributed by atoms with van der Waals surface area (Å²) in [5.41, 5.74) is 0. The SMILES string of the molecule is COCC(C)n1ccnc1NC(C)c1ccc(Cl)s1. The number of nitrogens with one attached hydrogen (secondary N) is 1. The van der Waals surface area contributed by atoms with Gasteiger partial charge in [-0.3, -0.25) is 0 Å². The third-order valence-corrected chi connectivity index (χ3v) is 4.33.